The van der Waals surface area contributed by atoms with Crippen molar-refractivity contribution in [1.29, 1.82) is 0 Å². The number of carbonyl (C=O) groups excluding carboxylic acids is 2. The summed E-state index contributed by atoms with van der Waals surface area (Å²) in [5.41, 5.74) is 10.8. The molecule has 1 amide bonds. The first-order valence-corrected chi connectivity index (χ1v) is 13.0. The Morgan fingerprint density at radius 3 is 2.59 bits per heavy atom. The van der Waals surface area contributed by atoms with Crippen LogP contribution in [-0.4, -0.2) is 23.5 Å². The average molecular weight is 494 g/mol. The zero-order valence-corrected chi connectivity index (χ0v) is 21.1. The molecule has 0 aliphatic rings. The van der Waals surface area contributed by atoms with Crippen LogP contribution in [0.5, 0.6) is 0 Å². The van der Waals surface area contributed by atoms with Crippen molar-refractivity contribution in [2.75, 3.05) is 17.7 Å². The summed E-state index contributed by atoms with van der Waals surface area (Å²) in [7, 11) is 0. The molecular weight excluding hydrogens is 466 g/mol. The van der Waals surface area contributed by atoms with Crippen LogP contribution in [0.25, 0.3) is 21.3 Å². The maximum absolute atomic E-state index is 13.2. The first kappa shape index (κ1) is 23.9. The molecule has 176 valence electrons. The van der Waals surface area contributed by atoms with Gasteiger partial charge in [0.25, 0.3) is 5.91 Å². The summed E-state index contributed by atoms with van der Waals surface area (Å²) in [4.78, 5) is 31.9. The maximum atomic E-state index is 13.2. The summed E-state index contributed by atoms with van der Waals surface area (Å²) >= 11 is 2.56. The molecule has 4 aromatic rings. The molecule has 34 heavy (non-hydrogen) atoms. The van der Waals surface area contributed by atoms with E-state index in [4.69, 9.17) is 15.5 Å². The molecule has 0 fully saturated rings. The number of unbranched alkanes of at least 4 members (excludes halogenated alkanes) is 1. The highest BCUT2D eigenvalue weighted by Gasteiger charge is 2.25. The maximum Gasteiger partial charge on any atom is 0.341 e. The first-order chi connectivity index (χ1) is 16.4. The predicted molar refractivity (Wildman–Crippen MR) is 141 cm³/mol. The molecule has 0 bridgehead atoms. The Hall–Kier alpha value is -3.23. The number of rotatable bonds is 8. The minimum absolute atomic E-state index is 0.241. The second kappa shape index (κ2) is 10.4. The van der Waals surface area contributed by atoms with Crippen LogP contribution in [0.4, 0.5) is 10.7 Å². The van der Waals surface area contributed by atoms with E-state index >= 15 is 0 Å². The molecule has 0 unspecified atom stereocenters. The molecule has 8 heteroatoms. The second-order valence-electron chi connectivity index (χ2n) is 8.00. The molecule has 4 rings (SSSR count). The van der Waals surface area contributed by atoms with Crippen molar-refractivity contribution in [3.8, 4) is 11.1 Å². The summed E-state index contributed by atoms with van der Waals surface area (Å²) in [6, 6.07) is 11.8. The number of nitrogens with zero attached hydrogens (tertiary/aromatic N) is 1. The van der Waals surface area contributed by atoms with E-state index in [0.717, 1.165) is 51.9 Å². The Labute approximate surface area is 206 Å². The number of benzene rings is 1. The van der Waals surface area contributed by atoms with Crippen molar-refractivity contribution >= 4 is 55.5 Å². The molecule has 3 aromatic heterocycles. The van der Waals surface area contributed by atoms with E-state index in [-0.39, 0.29) is 12.5 Å². The number of amides is 1. The van der Waals surface area contributed by atoms with E-state index in [9.17, 15) is 9.59 Å². The number of pyridine rings is 1. The lowest BCUT2D eigenvalue weighted by molar-refractivity contribution is 0.0529. The number of nitrogen functional groups attached to an aromatic ring is 1. The third-order valence-electron chi connectivity index (χ3n) is 5.50. The number of hydrogen-bond acceptors (Lipinski definition) is 7. The lowest BCUT2D eigenvalue weighted by Crippen LogP contribution is -2.14. The van der Waals surface area contributed by atoms with Gasteiger partial charge in [0.05, 0.1) is 12.3 Å². The van der Waals surface area contributed by atoms with Gasteiger partial charge in [0.1, 0.15) is 20.3 Å². The zero-order valence-electron chi connectivity index (χ0n) is 19.4. The van der Waals surface area contributed by atoms with Crippen molar-refractivity contribution in [2.45, 2.75) is 40.0 Å². The van der Waals surface area contributed by atoms with Gasteiger partial charge in [-0.05, 0) is 44.4 Å². The van der Waals surface area contributed by atoms with E-state index in [1.807, 2.05) is 48.7 Å². The lowest BCUT2D eigenvalue weighted by Gasteiger charge is -2.09. The van der Waals surface area contributed by atoms with Crippen LogP contribution in [-0.2, 0) is 11.2 Å². The van der Waals surface area contributed by atoms with E-state index < -0.39 is 5.97 Å². The van der Waals surface area contributed by atoms with E-state index in [1.54, 1.807) is 6.92 Å². The molecule has 0 atom stereocenters. The smallest absolute Gasteiger partial charge is 0.341 e. The Bertz CT molecular complexity index is 1340. The average Bonchev–Trinajstić information content (AvgIpc) is 3.39. The molecular formula is C26H27N3O3S2. The SMILES string of the molecule is CCCCc1ccc2c(N)c(C(=O)Nc3scc(-c4ccc(C)cc4)c3C(=O)OCC)sc2n1. The predicted octanol–water partition coefficient (Wildman–Crippen LogP) is 6.69. The van der Waals surface area contributed by atoms with Gasteiger partial charge in [0, 0.05) is 22.0 Å². The Morgan fingerprint density at radius 1 is 1.12 bits per heavy atom. The number of aromatic nitrogens is 1. The van der Waals surface area contributed by atoms with Gasteiger partial charge in [-0.15, -0.1) is 22.7 Å². The Kier molecular flexibility index (Phi) is 7.29. The molecule has 3 heterocycles. The summed E-state index contributed by atoms with van der Waals surface area (Å²) in [5, 5.41) is 5.97. The standard InChI is InChI=1S/C26H27N3O3S2/c1-4-6-7-17-12-13-18-21(27)22(34-24(18)28-17)23(30)29-25-20(26(31)32-5-2)19(14-33-25)16-10-8-15(3)9-11-16/h8-14H,4-7,27H2,1-3H3,(H,29,30). The van der Waals surface area contributed by atoms with Crippen LogP contribution in [0.2, 0.25) is 0 Å². The summed E-state index contributed by atoms with van der Waals surface area (Å²) < 4.78 is 5.30. The normalized spacial score (nSPS) is 11.0. The monoisotopic (exact) mass is 493 g/mol. The topological polar surface area (TPSA) is 94.3 Å². The molecule has 0 aliphatic carbocycles. The summed E-state index contributed by atoms with van der Waals surface area (Å²) in [6.45, 7) is 6.15. The molecule has 0 saturated carbocycles. The largest absolute Gasteiger partial charge is 0.462 e. The molecule has 0 saturated heterocycles. The van der Waals surface area contributed by atoms with Gasteiger partial charge in [0.2, 0.25) is 0 Å². The summed E-state index contributed by atoms with van der Waals surface area (Å²) in [6.07, 6.45) is 3.05. The summed E-state index contributed by atoms with van der Waals surface area (Å²) in [5.74, 6) is -0.834. The number of carbonyl (C=O) groups is 2. The third kappa shape index (κ3) is 4.83. The fourth-order valence-electron chi connectivity index (χ4n) is 3.66. The number of thiophene rings is 2. The van der Waals surface area contributed by atoms with Crippen molar-refractivity contribution in [1.82, 2.24) is 4.98 Å². The van der Waals surface area contributed by atoms with Crippen LogP contribution in [0, 0.1) is 6.92 Å². The molecule has 6 nitrogen and oxygen atoms in total. The van der Waals surface area contributed by atoms with Crippen molar-refractivity contribution in [3.63, 3.8) is 0 Å². The molecule has 3 N–H and O–H groups in total. The number of aryl methyl sites for hydroxylation is 2. The Balaban J connectivity index is 1.67. The number of hydrogen-bond donors (Lipinski definition) is 2. The molecule has 1 aromatic carbocycles. The van der Waals surface area contributed by atoms with E-state index in [2.05, 4.69) is 12.2 Å². The fourth-order valence-corrected chi connectivity index (χ4v) is 5.62. The molecule has 0 radical (unpaired) electrons. The number of nitrogens with one attached hydrogen (secondary N) is 1. The highest BCUT2D eigenvalue weighted by Crippen LogP contribution is 2.38. The fraction of sp³-hybridized carbons (Fsp3) is 0.269. The number of esters is 1. The quantitative estimate of drug-likeness (QED) is 0.267. The number of nitrogens with two attached hydrogens (primary N) is 1. The zero-order chi connectivity index (χ0) is 24.2. The number of fused-ring (bicyclic) bond motifs is 1. The van der Waals surface area contributed by atoms with Crippen LogP contribution in [0.3, 0.4) is 0 Å². The van der Waals surface area contributed by atoms with Crippen LogP contribution in [0.15, 0.2) is 41.8 Å². The van der Waals surface area contributed by atoms with Gasteiger partial charge in [-0.3, -0.25) is 4.79 Å². The van der Waals surface area contributed by atoms with Gasteiger partial charge in [-0.25, -0.2) is 9.78 Å². The Morgan fingerprint density at radius 2 is 1.88 bits per heavy atom. The van der Waals surface area contributed by atoms with Gasteiger partial charge in [0.15, 0.2) is 0 Å². The minimum atomic E-state index is -0.471. The van der Waals surface area contributed by atoms with Crippen LogP contribution in [0.1, 0.15) is 58.0 Å². The van der Waals surface area contributed by atoms with Crippen molar-refractivity contribution in [2.24, 2.45) is 0 Å². The van der Waals surface area contributed by atoms with Gasteiger partial charge >= 0.3 is 5.97 Å². The second-order valence-corrected chi connectivity index (χ2v) is 9.88. The number of anilines is 2. The van der Waals surface area contributed by atoms with Crippen LogP contribution >= 0.6 is 22.7 Å². The third-order valence-corrected chi connectivity index (χ3v) is 7.51. The van der Waals surface area contributed by atoms with Gasteiger partial charge in [-0.1, -0.05) is 43.2 Å². The van der Waals surface area contributed by atoms with Gasteiger partial charge < -0.3 is 15.8 Å². The van der Waals surface area contributed by atoms with Crippen LogP contribution < -0.4 is 11.1 Å². The molecule has 0 spiro atoms. The van der Waals surface area contributed by atoms with Crippen molar-refractivity contribution < 1.29 is 14.3 Å². The minimum Gasteiger partial charge on any atom is -0.462 e. The first-order valence-electron chi connectivity index (χ1n) is 11.3. The molecule has 0 aliphatic heterocycles. The highest BCUT2D eigenvalue weighted by atomic mass is 32.1. The van der Waals surface area contributed by atoms with E-state index in [1.165, 1.54) is 22.7 Å². The lowest BCUT2D eigenvalue weighted by atomic mass is 10.0. The van der Waals surface area contributed by atoms with Gasteiger partial charge in [-0.2, -0.15) is 0 Å². The number of ether oxygens (including phenoxy) is 1. The van der Waals surface area contributed by atoms with Crippen molar-refractivity contribution in [3.05, 3.63) is 63.5 Å². The van der Waals surface area contributed by atoms with E-state index in [0.29, 0.717) is 21.1 Å². The highest BCUT2D eigenvalue weighted by molar-refractivity contribution is 7.21.